The molecule has 0 unspecified atom stereocenters. The number of aromatic amines is 1. The molecule has 0 spiro atoms. The van der Waals surface area contributed by atoms with E-state index in [9.17, 15) is 9.59 Å². The van der Waals surface area contributed by atoms with Crippen LogP contribution in [0.5, 0.6) is 0 Å². The molecule has 2 aromatic heterocycles. The van der Waals surface area contributed by atoms with E-state index < -0.39 is 5.25 Å². The van der Waals surface area contributed by atoms with Crippen LogP contribution in [0, 0.1) is 0 Å². The summed E-state index contributed by atoms with van der Waals surface area (Å²) in [6, 6.07) is 1.54. The summed E-state index contributed by atoms with van der Waals surface area (Å²) in [4.78, 5) is 25.9. The number of hydrogen-bond acceptors (Lipinski definition) is 6. The van der Waals surface area contributed by atoms with Crippen molar-refractivity contribution in [3.63, 3.8) is 0 Å². The molecule has 21 heavy (non-hydrogen) atoms. The summed E-state index contributed by atoms with van der Waals surface area (Å²) in [5.41, 5.74) is 0.633. The maximum absolute atomic E-state index is 11.7. The van der Waals surface area contributed by atoms with Gasteiger partial charge in [0, 0.05) is 11.8 Å². The Bertz CT molecular complexity index is 694. The van der Waals surface area contributed by atoms with Crippen molar-refractivity contribution in [2.24, 2.45) is 0 Å². The van der Waals surface area contributed by atoms with Gasteiger partial charge in [0.05, 0.1) is 6.61 Å². The van der Waals surface area contributed by atoms with Gasteiger partial charge in [-0.2, -0.15) is 0 Å². The molecule has 0 saturated carbocycles. The van der Waals surface area contributed by atoms with Gasteiger partial charge in [0.15, 0.2) is 5.16 Å². The van der Waals surface area contributed by atoms with Gasteiger partial charge in [-0.15, -0.1) is 10.2 Å². The lowest BCUT2D eigenvalue weighted by Gasteiger charge is -2.10. The second-order valence-corrected chi connectivity index (χ2v) is 5.84. The Hall–Kier alpha value is -1.83. The highest BCUT2D eigenvalue weighted by Gasteiger charge is 2.20. The third kappa shape index (κ3) is 3.44. The fourth-order valence-corrected chi connectivity index (χ4v) is 2.83. The number of nitrogens with one attached hydrogen (secondary N) is 1. The number of ether oxygens (including phenoxy) is 1. The van der Waals surface area contributed by atoms with Crippen LogP contribution >= 0.6 is 11.8 Å². The quantitative estimate of drug-likeness (QED) is 0.641. The molecule has 2 heterocycles. The van der Waals surface area contributed by atoms with Gasteiger partial charge in [-0.3, -0.25) is 19.0 Å². The summed E-state index contributed by atoms with van der Waals surface area (Å²) in [5.74, 6) is 0.102. The molecule has 8 heteroatoms. The van der Waals surface area contributed by atoms with Gasteiger partial charge in [0.1, 0.15) is 5.25 Å². The topological polar surface area (TPSA) is 89.4 Å². The lowest BCUT2D eigenvalue weighted by Crippen LogP contribution is -2.18. The van der Waals surface area contributed by atoms with E-state index in [0.717, 1.165) is 18.5 Å². The van der Waals surface area contributed by atoms with E-state index in [1.165, 1.54) is 11.8 Å². The molecule has 0 amide bonds. The highest BCUT2D eigenvalue weighted by atomic mass is 32.2. The number of carbonyl (C=O) groups excluding carboxylic acids is 1. The van der Waals surface area contributed by atoms with Crippen molar-refractivity contribution in [3.8, 4) is 0 Å². The highest BCUT2D eigenvalue weighted by molar-refractivity contribution is 8.00. The normalized spacial score (nSPS) is 12.5. The van der Waals surface area contributed by atoms with E-state index in [4.69, 9.17) is 4.74 Å². The molecule has 0 aromatic carbocycles. The van der Waals surface area contributed by atoms with Crippen LogP contribution in [0.25, 0.3) is 5.78 Å². The van der Waals surface area contributed by atoms with E-state index in [1.807, 2.05) is 6.92 Å². The predicted octanol–water partition coefficient (Wildman–Crippen LogP) is 1.41. The van der Waals surface area contributed by atoms with Crippen molar-refractivity contribution in [1.29, 1.82) is 0 Å². The summed E-state index contributed by atoms with van der Waals surface area (Å²) >= 11 is 1.27. The number of hydrogen-bond donors (Lipinski definition) is 1. The largest absolute Gasteiger partial charge is 0.465 e. The van der Waals surface area contributed by atoms with E-state index in [1.54, 1.807) is 24.3 Å². The first-order valence-corrected chi connectivity index (χ1v) is 7.75. The van der Waals surface area contributed by atoms with Crippen LogP contribution in [0.2, 0.25) is 0 Å². The van der Waals surface area contributed by atoms with Crippen LogP contribution in [-0.2, 0) is 16.0 Å². The molecular weight excluding hydrogens is 292 g/mol. The van der Waals surface area contributed by atoms with Crippen molar-refractivity contribution >= 4 is 23.5 Å². The standard InChI is InChI=1S/C13H18N4O3S/c1-4-6-9-7-10(18)14-12-15-16-13(17(9)12)21-8(3)11(19)20-5-2/h7-8H,4-6H2,1-3H3,(H,14,15,18)/t8-/m0/s1. The van der Waals surface area contributed by atoms with Gasteiger partial charge in [-0.25, -0.2) is 0 Å². The maximum atomic E-state index is 11.7. The van der Waals surface area contributed by atoms with E-state index in [0.29, 0.717) is 17.5 Å². The van der Waals surface area contributed by atoms with Crippen LogP contribution in [0.1, 0.15) is 32.9 Å². The zero-order valence-electron chi connectivity index (χ0n) is 12.3. The van der Waals surface area contributed by atoms with Gasteiger partial charge in [-0.05, 0) is 20.3 Å². The Morgan fingerprint density at radius 3 is 2.90 bits per heavy atom. The molecule has 0 radical (unpaired) electrons. The lowest BCUT2D eigenvalue weighted by atomic mass is 10.2. The maximum Gasteiger partial charge on any atom is 0.319 e. The smallest absolute Gasteiger partial charge is 0.319 e. The molecule has 114 valence electrons. The molecule has 0 aliphatic rings. The summed E-state index contributed by atoms with van der Waals surface area (Å²) in [6.07, 6.45) is 1.63. The van der Waals surface area contributed by atoms with Crippen LogP contribution in [0.3, 0.4) is 0 Å². The lowest BCUT2D eigenvalue weighted by molar-refractivity contribution is -0.142. The number of rotatable bonds is 6. The van der Waals surface area contributed by atoms with Crippen LogP contribution in [0.15, 0.2) is 16.0 Å². The molecular formula is C13H18N4O3S. The number of thioether (sulfide) groups is 1. The van der Waals surface area contributed by atoms with Crippen LogP contribution in [-0.4, -0.2) is 37.4 Å². The molecule has 0 saturated heterocycles. The van der Waals surface area contributed by atoms with Crippen molar-refractivity contribution in [3.05, 3.63) is 22.1 Å². The molecule has 0 fully saturated rings. The number of esters is 1. The average molecular weight is 310 g/mol. The minimum atomic E-state index is -0.390. The van der Waals surface area contributed by atoms with Crippen molar-refractivity contribution < 1.29 is 9.53 Å². The first kappa shape index (κ1) is 15.6. The third-order valence-corrected chi connectivity index (χ3v) is 3.88. The van der Waals surface area contributed by atoms with Crippen molar-refractivity contribution in [2.75, 3.05) is 6.61 Å². The summed E-state index contributed by atoms with van der Waals surface area (Å²) < 4.78 is 6.77. The van der Waals surface area contributed by atoms with Crippen LogP contribution < -0.4 is 5.56 Å². The van der Waals surface area contributed by atoms with Gasteiger partial charge < -0.3 is 4.74 Å². The van der Waals surface area contributed by atoms with Gasteiger partial charge in [-0.1, -0.05) is 25.1 Å². The zero-order valence-corrected chi connectivity index (χ0v) is 13.1. The Morgan fingerprint density at radius 2 is 2.24 bits per heavy atom. The van der Waals surface area contributed by atoms with E-state index in [-0.39, 0.29) is 11.5 Å². The molecule has 7 nitrogen and oxygen atoms in total. The first-order chi connectivity index (χ1) is 10.1. The van der Waals surface area contributed by atoms with E-state index in [2.05, 4.69) is 15.2 Å². The minimum absolute atomic E-state index is 0.201. The highest BCUT2D eigenvalue weighted by Crippen LogP contribution is 2.23. The monoisotopic (exact) mass is 310 g/mol. The fourth-order valence-electron chi connectivity index (χ4n) is 1.95. The molecule has 0 aliphatic carbocycles. The number of fused-ring (bicyclic) bond motifs is 1. The van der Waals surface area contributed by atoms with Gasteiger partial charge >= 0.3 is 5.97 Å². The van der Waals surface area contributed by atoms with E-state index >= 15 is 0 Å². The molecule has 1 atom stereocenters. The molecule has 1 N–H and O–H groups in total. The van der Waals surface area contributed by atoms with Crippen LogP contribution in [0.4, 0.5) is 0 Å². The molecule has 2 rings (SSSR count). The number of aromatic nitrogens is 4. The second kappa shape index (κ2) is 6.75. The summed E-state index contributed by atoms with van der Waals surface area (Å²) in [6.45, 7) is 5.91. The molecule has 0 aliphatic heterocycles. The third-order valence-electron chi connectivity index (χ3n) is 2.86. The van der Waals surface area contributed by atoms with Gasteiger partial charge in [0.2, 0.25) is 5.78 Å². The number of carbonyl (C=O) groups is 1. The average Bonchev–Trinajstić information content (AvgIpc) is 2.82. The summed E-state index contributed by atoms with van der Waals surface area (Å²) in [7, 11) is 0. The first-order valence-electron chi connectivity index (χ1n) is 6.87. The minimum Gasteiger partial charge on any atom is -0.465 e. The van der Waals surface area contributed by atoms with Crippen molar-refractivity contribution in [2.45, 2.75) is 44.0 Å². The van der Waals surface area contributed by atoms with Gasteiger partial charge in [0.25, 0.3) is 5.56 Å². The predicted molar refractivity (Wildman–Crippen MR) is 79.6 cm³/mol. The Kier molecular flexibility index (Phi) is 5.00. The zero-order chi connectivity index (χ0) is 15.4. The number of aryl methyl sites for hydroxylation is 1. The second-order valence-electron chi connectivity index (χ2n) is 4.53. The SMILES string of the molecule is CCCc1cc(=O)[nH]c2nnc(S[C@@H](C)C(=O)OCC)n12. The Labute approximate surface area is 126 Å². The molecule has 0 bridgehead atoms. The number of nitrogens with zero attached hydrogens (tertiary/aromatic N) is 3. The van der Waals surface area contributed by atoms with Crippen molar-refractivity contribution in [1.82, 2.24) is 19.6 Å². The Morgan fingerprint density at radius 1 is 1.48 bits per heavy atom. The fraction of sp³-hybridized carbons (Fsp3) is 0.538. The molecule has 2 aromatic rings. The number of H-pyrrole nitrogens is 1. The summed E-state index contributed by atoms with van der Waals surface area (Å²) in [5, 5.41) is 8.21. The Balaban J connectivity index is 2.36.